The average molecular weight is 379 g/mol. The van der Waals surface area contributed by atoms with Crippen molar-refractivity contribution in [3.05, 3.63) is 41.6 Å². The lowest BCUT2D eigenvalue weighted by Gasteiger charge is -2.16. The van der Waals surface area contributed by atoms with Gasteiger partial charge in [0.15, 0.2) is 10.9 Å². The summed E-state index contributed by atoms with van der Waals surface area (Å²) in [7, 11) is 0. The molecule has 2 aromatic rings. The molecule has 0 amide bonds. The summed E-state index contributed by atoms with van der Waals surface area (Å²) in [6.45, 7) is 4.19. The normalized spacial score (nSPS) is 11.8. The summed E-state index contributed by atoms with van der Waals surface area (Å²) in [5, 5.41) is 8.34. The SMILES string of the molecule is CCCCCC[C@H](C)OC(=S)Oc1cc(Cl)nnc1-c1ccccc1. The molecule has 0 radical (unpaired) electrons. The van der Waals surface area contributed by atoms with E-state index in [1.54, 1.807) is 6.07 Å². The molecule has 0 N–H and O–H groups in total. The van der Waals surface area contributed by atoms with E-state index < -0.39 is 0 Å². The Bertz CT molecular complexity index is 682. The zero-order valence-electron chi connectivity index (χ0n) is 14.6. The van der Waals surface area contributed by atoms with Crippen molar-refractivity contribution in [3.63, 3.8) is 0 Å². The number of hydrogen-bond donors (Lipinski definition) is 0. The van der Waals surface area contributed by atoms with E-state index in [4.69, 9.17) is 33.3 Å². The Labute approximate surface area is 159 Å². The molecule has 0 bridgehead atoms. The molecule has 1 aromatic heterocycles. The van der Waals surface area contributed by atoms with E-state index in [0.29, 0.717) is 11.4 Å². The number of benzene rings is 1. The van der Waals surface area contributed by atoms with E-state index in [9.17, 15) is 0 Å². The second-order valence-corrected chi connectivity index (χ2v) is 6.60. The highest BCUT2D eigenvalue weighted by atomic mass is 35.5. The van der Waals surface area contributed by atoms with Crippen molar-refractivity contribution >= 4 is 29.1 Å². The van der Waals surface area contributed by atoms with E-state index in [2.05, 4.69) is 17.1 Å². The van der Waals surface area contributed by atoms with Crippen molar-refractivity contribution in [2.45, 2.75) is 52.1 Å². The second kappa shape index (κ2) is 10.3. The van der Waals surface area contributed by atoms with Crippen LogP contribution in [0, 0.1) is 0 Å². The van der Waals surface area contributed by atoms with E-state index in [-0.39, 0.29) is 16.5 Å². The summed E-state index contributed by atoms with van der Waals surface area (Å²) in [4.78, 5) is 0. The summed E-state index contributed by atoms with van der Waals surface area (Å²) >= 11 is 11.2. The van der Waals surface area contributed by atoms with E-state index in [1.165, 1.54) is 19.3 Å². The fourth-order valence-electron chi connectivity index (χ4n) is 2.42. The Balaban J connectivity index is 1.99. The number of unbranched alkanes of at least 4 members (excludes halogenated alkanes) is 3. The highest BCUT2D eigenvalue weighted by molar-refractivity contribution is 7.79. The molecule has 0 unspecified atom stereocenters. The maximum absolute atomic E-state index is 5.95. The van der Waals surface area contributed by atoms with Crippen LogP contribution >= 0.6 is 23.8 Å². The summed E-state index contributed by atoms with van der Waals surface area (Å²) in [5.74, 6) is 0.439. The molecular weight excluding hydrogens is 356 g/mol. The number of ether oxygens (including phenoxy) is 2. The van der Waals surface area contributed by atoms with Crippen molar-refractivity contribution in [2.75, 3.05) is 0 Å². The topological polar surface area (TPSA) is 44.2 Å². The van der Waals surface area contributed by atoms with Crippen LogP contribution in [0.2, 0.25) is 5.15 Å². The first kappa shape index (κ1) is 19.6. The Hall–Kier alpha value is -1.72. The molecule has 0 saturated heterocycles. The largest absolute Gasteiger partial charge is 0.454 e. The average Bonchev–Trinajstić information content (AvgIpc) is 2.59. The Morgan fingerprint density at radius 2 is 1.92 bits per heavy atom. The minimum absolute atomic E-state index is 0.00907. The number of aromatic nitrogens is 2. The van der Waals surface area contributed by atoms with Crippen molar-refractivity contribution in [1.82, 2.24) is 10.2 Å². The van der Waals surface area contributed by atoms with Gasteiger partial charge >= 0.3 is 5.24 Å². The fraction of sp³-hybridized carbons (Fsp3) is 0.421. The van der Waals surface area contributed by atoms with Gasteiger partial charge in [0.1, 0.15) is 11.8 Å². The fourth-order valence-corrected chi connectivity index (χ4v) is 2.81. The van der Waals surface area contributed by atoms with Crippen LogP contribution in [0.3, 0.4) is 0 Å². The Morgan fingerprint density at radius 3 is 2.64 bits per heavy atom. The molecule has 0 spiro atoms. The predicted molar refractivity (Wildman–Crippen MR) is 105 cm³/mol. The Kier molecular flexibility index (Phi) is 8.09. The molecule has 0 aliphatic carbocycles. The number of hydrogen-bond acceptors (Lipinski definition) is 5. The first-order chi connectivity index (χ1) is 12.1. The zero-order valence-corrected chi connectivity index (χ0v) is 16.1. The van der Waals surface area contributed by atoms with Crippen LogP contribution in [-0.2, 0) is 4.74 Å². The van der Waals surface area contributed by atoms with Crippen LogP contribution < -0.4 is 4.74 Å². The van der Waals surface area contributed by atoms with Gasteiger partial charge in [0.25, 0.3) is 0 Å². The number of nitrogens with zero attached hydrogens (tertiary/aromatic N) is 2. The molecule has 2 rings (SSSR count). The van der Waals surface area contributed by atoms with Crippen LogP contribution in [0.25, 0.3) is 11.3 Å². The second-order valence-electron chi connectivity index (χ2n) is 5.88. The molecule has 134 valence electrons. The number of thiocarbonyl (C=S) groups is 1. The third-order valence-corrected chi connectivity index (χ3v) is 4.10. The molecule has 25 heavy (non-hydrogen) atoms. The summed E-state index contributed by atoms with van der Waals surface area (Å²) in [6.07, 6.45) is 5.75. The van der Waals surface area contributed by atoms with Gasteiger partial charge in [-0.3, -0.25) is 0 Å². The van der Waals surface area contributed by atoms with Gasteiger partial charge < -0.3 is 9.47 Å². The molecular formula is C19H23ClN2O2S. The molecule has 1 atom stereocenters. The standard InChI is InChI=1S/C19H23ClN2O2S/c1-3-4-5-7-10-14(2)23-19(25)24-16-13-17(20)21-22-18(16)15-11-8-6-9-12-15/h6,8-9,11-14H,3-5,7,10H2,1-2H3/t14-/m0/s1. The lowest BCUT2D eigenvalue weighted by atomic mass is 10.1. The van der Waals surface area contributed by atoms with Gasteiger partial charge in [-0.1, -0.05) is 68.1 Å². The van der Waals surface area contributed by atoms with Crippen LogP contribution in [0.4, 0.5) is 0 Å². The third kappa shape index (κ3) is 6.59. The number of rotatable bonds is 8. The van der Waals surface area contributed by atoms with Crippen molar-refractivity contribution in [2.24, 2.45) is 0 Å². The lowest BCUT2D eigenvalue weighted by molar-refractivity contribution is 0.160. The zero-order chi connectivity index (χ0) is 18.1. The molecule has 1 aromatic carbocycles. The first-order valence-electron chi connectivity index (χ1n) is 8.57. The molecule has 1 heterocycles. The van der Waals surface area contributed by atoms with Gasteiger partial charge in [-0.05, 0) is 19.8 Å². The molecule has 4 nitrogen and oxygen atoms in total. The van der Waals surface area contributed by atoms with Crippen LogP contribution in [0.5, 0.6) is 5.75 Å². The van der Waals surface area contributed by atoms with Gasteiger partial charge in [-0.25, -0.2) is 0 Å². The summed E-state index contributed by atoms with van der Waals surface area (Å²) in [5.41, 5.74) is 1.45. The molecule has 6 heteroatoms. The van der Waals surface area contributed by atoms with Crippen LogP contribution in [-0.4, -0.2) is 21.5 Å². The summed E-state index contributed by atoms with van der Waals surface area (Å²) < 4.78 is 11.4. The number of halogens is 1. The Morgan fingerprint density at radius 1 is 1.16 bits per heavy atom. The van der Waals surface area contributed by atoms with Gasteiger partial charge in [-0.2, -0.15) is 0 Å². The third-order valence-electron chi connectivity index (χ3n) is 3.73. The highest BCUT2D eigenvalue weighted by Crippen LogP contribution is 2.29. The van der Waals surface area contributed by atoms with Crippen molar-refractivity contribution in [1.29, 1.82) is 0 Å². The minimum Gasteiger partial charge on any atom is -0.454 e. The smallest absolute Gasteiger partial charge is 0.358 e. The van der Waals surface area contributed by atoms with E-state index in [0.717, 1.165) is 18.4 Å². The quantitative estimate of drug-likeness (QED) is 0.426. The van der Waals surface area contributed by atoms with Crippen LogP contribution in [0.1, 0.15) is 46.0 Å². The molecule has 0 saturated carbocycles. The van der Waals surface area contributed by atoms with Gasteiger partial charge in [0.05, 0.1) is 0 Å². The molecule has 0 aliphatic heterocycles. The van der Waals surface area contributed by atoms with Gasteiger partial charge in [-0.15, -0.1) is 10.2 Å². The molecule has 0 aliphatic rings. The summed E-state index contributed by atoms with van der Waals surface area (Å²) in [6, 6.07) is 11.2. The van der Waals surface area contributed by atoms with Gasteiger partial charge in [0, 0.05) is 23.8 Å². The van der Waals surface area contributed by atoms with E-state index >= 15 is 0 Å². The maximum atomic E-state index is 5.95. The predicted octanol–water partition coefficient (Wildman–Crippen LogP) is 5.84. The lowest BCUT2D eigenvalue weighted by Crippen LogP contribution is -2.18. The highest BCUT2D eigenvalue weighted by Gasteiger charge is 2.15. The van der Waals surface area contributed by atoms with Crippen molar-refractivity contribution in [3.8, 4) is 17.0 Å². The van der Waals surface area contributed by atoms with E-state index in [1.807, 2.05) is 37.3 Å². The van der Waals surface area contributed by atoms with Crippen molar-refractivity contribution < 1.29 is 9.47 Å². The van der Waals surface area contributed by atoms with Crippen LogP contribution in [0.15, 0.2) is 36.4 Å². The minimum atomic E-state index is 0.00907. The maximum Gasteiger partial charge on any atom is 0.358 e. The first-order valence-corrected chi connectivity index (χ1v) is 9.36. The van der Waals surface area contributed by atoms with Gasteiger partial charge in [0.2, 0.25) is 0 Å². The molecule has 0 fully saturated rings. The monoisotopic (exact) mass is 378 g/mol.